The highest BCUT2D eigenvalue weighted by Crippen LogP contribution is 2.20. The molecule has 1 atom stereocenters. The van der Waals surface area contributed by atoms with Gasteiger partial charge in [0.2, 0.25) is 12.3 Å². The van der Waals surface area contributed by atoms with Crippen LogP contribution in [0.3, 0.4) is 0 Å². The van der Waals surface area contributed by atoms with Crippen molar-refractivity contribution in [1.82, 2.24) is 15.5 Å². The Morgan fingerprint density at radius 2 is 2.17 bits per heavy atom. The van der Waals surface area contributed by atoms with Crippen molar-refractivity contribution in [2.75, 3.05) is 6.61 Å². The van der Waals surface area contributed by atoms with E-state index in [0.717, 1.165) is 10.4 Å². The molecule has 118 valence electrons. The van der Waals surface area contributed by atoms with Crippen LogP contribution in [0.15, 0.2) is 52.6 Å². The maximum Gasteiger partial charge on any atom is 0.258 e. The van der Waals surface area contributed by atoms with Crippen LogP contribution in [0, 0.1) is 0 Å². The summed E-state index contributed by atoms with van der Waals surface area (Å²) in [6, 6.07) is 11.1. The van der Waals surface area contributed by atoms with Crippen molar-refractivity contribution in [2.45, 2.75) is 13.0 Å². The number of benzene rings is 1. The molecule has 23 heavy (non-hydrogen) atoms. The minimum Gasteiger partial charge on any atom is -0.484 e. The number of amides is 1. The van der Waals surface area contributed by atoms with Crippen LogP contribution < -0.4 is 10.1 Å². The second kappa shape index (κ2) is 7.06. The molecule has 0 bridgehead atoms. The summed E-state index contributed by atoms with van der Waals surface area (Å²) in [5.41, 5.74) is 0.797. The maximum absolute atomic E-state index is 11.9. The average molecular weight is 329 g/mol. The fraction of sp³-hybridized carbons (Fsp3) is 0.188. The second-order valence-electron chi connectivity index (χ2n) is 4.86. The van der Waals surface area contributed by atoms with Gasteiger partial charge in [0.1, 0.15) is 5.75 Å². The van der Waals surface area contributed by atoms with Crippen molar-refractivity contribution in [2.24, 2.45) is 0 Å². The Hall–Kier alpha value is -2.67. The van der Waals surface area contributed by atoms with Crippen molar-refractivity contribution in [3.63, 3.8) is 0 Å². The molecule has 0 spiro atoms. The number of aromatic nitrogens is 2. The first-order valence-electron chi connectivity index (χ1n) is 7.04. The van der Waals surface area contributed by atoms with E-state index in [2.05, 4.69) is 15.5 Å². The Morgan fingerprint density at radius 1 is 1.35 bits per heavy atom. The first kappa shape index (κ1) is 15.2. The van der Waals surface area contributed by atoms with Crippen LogP contribution in [-0.4, -0.2) is 22.7 Å². The van der Waals surface area contributed by atoms with Gasteiger partial charge in [-0.1, -0.05) is 6.07 Å². The van der Waals surface area contributed by atoms with Gasteiger partial charge in [-0.3, -0.25) is 4.79 Å². The second-order valence-corrected chi connectivity index (χ2v) is 5.84. The van der Waals surface area contributed by atoms with E-state index in [9.17, 15) is 4.79 Å². The van der Waals surface area contributed by atoms with Gasteiger partial charge >= 0.3 is 0 Å². The molecule has 0 aliphatic heterocycles. The van der Waals surface area contributed by atoms with Crippen molar-refractivity contribution in [3.8, 4) is 17.2 Å². The number of ether oxygens (including phenoxy) is 1. The molecule has 7 heteroatoms. The quantitative estimate of drug-likeness (QED) is 0.752. The van der Waals surface area contributed by atoms with Crippen LogP contribution in [0.4, 0.5) is 0 Å². The molecule has 0 radical (unpaired) electrons. The van der Waals surface area contributed by atoms with Gasteiger partial charge < -0.3 is 14.5 Å². The summed E-state index contributed by atoms with van der Waals surface area (Å²) in [6.07, 6.45) is 1.28. The van der Waals surface area contributed by atoms with Gasteiger partial charge in [-0.05, 0) is 42.6 Å². The van der Waals surface area contributed by atoms with E-state index in [-0.39, 0.29) is 18.6 Å². The Labute approximate surface area is 137 Å². The lowest BCUT2D eigenvalue weighted by molar-refractivity contribution is -0.123. The maximum atomic E-state index is 11.9. The van der Waals surface area contributed by atoms with E-state index >= 15 is 0 Å². The Morgan fingerprint density at radius 3 is 2.83 bits per heavy atom. The lowest BCUT2D eigenvalue weighted by Crippen LogP contribution is -2.30. The zero-order valence-electron chi connectivity index (χ0n) is 12.4. The van der Waals surface area contributed by atoms with E-state index in [0.29, 0.717) is 11.6 Å². The molecule has 2 heterocycles. The highest BCUT2D eigenvalue weighted by atomic mass is 32.1. The van der Waals surface area contributed by atoms with E-state index in [4.69, 9.17) is 9.15 Å². The first-order valence-corrected chi connectivity index (χ1v) is 7.92. The number of nitrogens with one attached hydrogen (secondary N) is 1. The minimum absolute atomic E-state index is 0.0222. The van der Waals surface area contributed by atoms with Gasteiger partial charge in [0, 0.05) is 10.4 Å². The number of carbonyl (C=O) groups is 1. The highest BCUT2D eigenvalue weighted by Gasteiger charge is 2.11. The Kier molecular flexibility index (Phi) is 4.68. The van der Waals surface area contributed by atoms with Gasteiger partial charge in [0.25, 0.3) is 5.91 Å². The van der Waals surface area contributed by atoms with Gasteiger partial charge in [0.05, 0.1) is 6.04 Å². The number of carbonyl (C=O) groups excluding carboxylic acids is 1. The molecular weight excluding hydrogens is 314 g/mol. The van der Waals surface area contributed by atoms with Crippen LogP contribution in [0.25, 0.3) is 11.5 Å². The number of hydrogen-bond acceptors (Lipinski definition) is 6. The van der Waals surface area contributed by atoms with Gasteiger partial charge in [-0.15, -0.1) is 21.5 Å². The van der Waals surface area contributed by atoms with Crippen LogP contribution in [0.2, 0.25) is 0 Å². The van der Waals surface area contributed by atoms with Gasteiger partial charge in [-0.25, -0.2) is 0 Å². The standard InChI is InChI=1S/C16H15N3O3S/c1-11(14-3-2-8-23-14)18-15(20)9-21-13-6-4-12(5-7-13)16-19-17-10-22-16/h2-8,10-11H,9H2,1H3,(H,18,20)/t11-/m1/s1. The molecule has 3 aromatic rings. The lowest BCUT2D eigenvalue weighted by Gasteiger charge is -2.12. The minimum atomic E-state index is -0.160. The van der Waals surface area contributed by atoms with Crippen molar-refractivity contribution in [3.05, 3.63) is 53.0 Å². The number of hydrogen-bond donors (Lipinski definition) is 1. The summed E-state index contributed by atoms with van der Waals surface area (Å²) >= 11 is 1.61. The SMILES string of the molecule is C[C@@H](NC(=O)COc1ccc(-c2nnco2)cc1)c1cccs1. The van der Waals surface area contributed by atoms with Crippen molar-refractivity contribution < 1.29 is 13.9 Å². The topological polar surface area (TPSA) is 77.2 Å². The third-order valence-corrected chi connectivity index (χ3v) is 4.23. The molecule has 1 N–H and O–H groups in total. The highest BCUT2D eigenvalue weighted by molar-refractivity contribution is 7.10. The molecule has 0 saturated carbocycles. The van der Waals surface area contributed by atoms with Crippen LogP contribution >= 0.6 is 11.3 Å². The molecule has 0 aliphatic rings. The fourth-order valence-electron chi connectivity index (χ4n) is 2.03. The summed E-state index contributed by atoms with van der Waals surface area (Å²) in [6.45, 7) is 1.92. The first-order chi connectivity index (χ1) is 11.2. The summed E-state index contributed by atoms with van der Waals surface area (Å²) in [5, 5.41) is 12.3. The summed E-state index contributed by atoms with van der Waals surface area (Å²) in [7, 11) is 0. The third kappa shape index (κ3) is 3.95. The Balaban J connectivity index is 1.51. The van der Waals surface area contributed by atoms with Gasteiger partial charge in [-0.2, -0.15) is 0 Å². The molecule has 0 unspecified atom stereocenters. The predicted octanol–water partition coefficient (Wildman–Crippen LogP) is 3.05. The summed E-state index contributed by atoms with van der Waals surface area (Å²) < 4.78 is 10.6. The molecule has 0 fully saturated rings. The number of thiophene rings is 1. The normalized spacial score (nSPS) is 11.9. The molecule has 6 nitrogen and oxygen atoms in total. The smallest absolute Gasteiger partial charge is 0.258 e. The monoisotopic (exact) mass is 329 g/mol. The molecule has 3 rings (SSSR count). The zero-order valence-corrected chi connectivity index (χ0v) is 13.2. The molecule has 2 aromatic heterocycles. The predicted molar refractivity (Wildman–Crippen MR) is 86.1 cm³/mol. The molecular formula is C16H15N3O3S. The molecule has 0 aliphatic carbocycles. The van der Waals surface area contributed by atoms with E-state index in [1.807, 2.05) is 24.4 Å². The van der Waals surface area contributed by atoms with Crippen LogP contribution in [-0.2, 0) is 4.79 Å². The molecule has 1 amide bonds. The fourth-order valence-corrected chi connectivity index (χ4v) is 2.77. The summed E-state index contributed by atoms with van der Waals surface area (Å²) in [5.74, 6) is 0.887. The van der Waals surface area contributed by atoms with Crippen LogP contribution in [0.1, 0.15) is 17.8 Å². The van der Waals surface area contributed by atoms with Crippen LogP contribution in [0.5, 0.6) is 5.75 Å². The van der Waals surface area contributed by atoms with E-state index in [1.54, 1.807) is 35.6 Å². The van der Waals surface area contributed by atoms with Crippen molar-refractivity contribution in [1.29, 1.82) is 0 Å². The zero-order chi connectivity index (χ0) is 16.1. The van der Waals surface area contributed by atoms with Crippen molar-refractivity contribution >= 4 is 17.2 Å². The van der Waals surface area contributed by atoms with E-state index in [1.165, 1.54) is 6.39 Å². The molecule has 1 aromatic carbocycles. The average Bonchev–Trinajstić information content (AvgIpc) is 3.26. The lowest BCUT2D eigenvalue weighted by atomic mass is 10.2. The third-order valence-electron chi connectivity index (χ3n) is 3.18. The van der Waals surface area contributed by atoms with E-state index < -0.39 is 0 Å². The summed E-state index contributed by atoms with van der Waals surface area (Å²) in [4.78, 5) is 13.0. The Bertz CT molecular complexity index is 739. The number of rotatable bonds is 6. The largest absolute Gasteiger partial charge is 0.484 e. The molecule has 0 saturated heterocycles. The number of nitrogens with zero attached hydrogens (tertiary/aromatic N) is 2. The van der Waals surface area contributed by atoms with Gasteiger partial charge in [0.15, 0.2) is 6.61 Å².